The zero-order valence-corrected chi connectivity index (χ0v) is 13.2. The fraction of sp³-hybridized carbons (Fsp3) is 0.467. The molecule has 1 rings (SSSR count). The molecule has 0 aliphatic carbocycles. The number of rotatable bonds is 9. The third-order valence-corrected chi connectivity index (χ3v) is 3.51. The molecule has 0 heterocycles. The van der Waals surface area contributed by atoms with Crippen molar-refractivity contribution in [1.82, 2.24) is 0 Å². The lowest BCUT2D eigenvalue weighted by Crippen LogP contribution is -2.01. The molecule has 0 unspecified atom stereocenters. The molecule has 0 fully saturated rings. The highest BCUT2D eigenvalue weighted by atomic mass is 35.5. The molecule has 0 amide bonds. The fourth-order valence-electron chi connectivity index (χ4n) is 2.28. The first-order chi connectivity index (χ1) is 9.97. The minimum absolute atomic E-state index is 0. The zero-order chi connectivity index (χ0) is 15.8. The Kier molecular flexibility index (Phi) is 9.01. The van der Waals surface area contributed by atoms with Gasteiger partial charge in [0.1, 0.15) is 0 Å². The van der Waals surface area contributed by atoms with E-state index in [9.17, 15) is 19.7 Å². The Morgan fingerprint density at radius 2 is 1.91 bits per heavy atom. The van der Waals surface area contributed by atoms with Gasteiger partial charge >= 0.3 is 5.97 Å². The first-order valence-electron chi connectivity index (χ1n) is 6.91. The van der Waals surface area contributed by atoms with Crippen LogP contribution in [0, 0.1) is 17.0 Å². The van der Waals surface area contributed by atoms with Crippen molar-refractivity contribution in [1.29, 1.82) is 0 Å². The number of nitro groups is 1. The molecule has 1 N–H and O–H groups in total. The van der Waals surface area contributed by atoms with Gasteiger partial charge in [-0.2, -0.15) is 0 Å². The van der Waals surface area contributed by atoms with E-state index in [2.05, 4.69) is 0 Å². The first kappa shape index (κ1) is 20.1. The van der Waals surface area contributed by atoms with Gasteiger partial charge in [-0.15, -0.1) is 12.4 Å². The molecule has 7 heteroatoms. The summed E-state index contributed by atoms with van der Waals surface area (Å²) < 4.78 is 0. The lowest BCUT2D eigenvalue weighted by atomic mass is 9.96. The number of carboxylic acid groups (broad SMARTS) is 1. The van der Waals surface area contributed by atoms with Crippen LogP contribution in [0.2, 0.25) is 0 Å². The maximum Gasteiger partial charge on any atom is 0.303 e. The highest BCUT2D eigenvalue weighted by Crippen LogP contribution is 2.24. The molecule has 0 radical (unpaired) electrons. The average molecular weight is 330 g/mol. The van der Waals surface area contributed by atoms with Crippen molar-refractivity contribution < 1.29 is 19.6 Å². The predicted octanol–water partition coefficient (Wildman–Crippen LogP) is 3.72. The number of hydrogen-bond donors (Lipinski definition) is 1. The van der Waals surface area contributed by atoms with Gasteiger partial charge in [-0.25, -0.2) is 0 Å². The molecule has 0 bridgehead atoms. The molecular weight excluding hydrogens is 310 g/mol. The summed E-state index contributed by atoms with van der Waals surface area (Å²) in [5.74, 6) is -0.781. The van der Waals surface area contributed by atoms with Crippen molar-refractivity contribution in [3.63, 3.8) is 0 Å². The van der Waals surface area contributed by atoms with Gasteiger partial charge in [0.25, 0.3) is 5.69 Å². The Morgan fingerprint density at radius 3 is 2.45 bits per heavy atom. The van der Waals surface area contributed by atoms with E-state index in [1.54, 1.807) is 13.0 Å². The molecule has 122 valence electrons. The molecule has 1 aromatic carbocycles. The molecule has 0 aliphatic rings. The van der Waals surface area contributed by atoms with Gasteiger partial charge in [0.2, 0.25) is 0 Å². The van der Waals surface area contributed by atoms with Gasteiger partial charge in [0, 0.05) is 12.5 Å². The van der Waals surface area contributed by atoms with Crippen LogP contribution in [0.25, 0.3) is 0 Å². The highest BCUT2D eigenvalue weighted by molar-refractivity contribution is 5.85. The van der Waals surface area contributed by atoms with Crippen LogP contribution in [-0.2, 0) is 11.2 Å². The quantitative estimate of drug-likeness (QED) is 0.322. The van der Waals surface area contributed by atoms with Crippen LogP contribution in [0.5, 0.6) is 0 Å². The number of aldehydes is 1. The van der Waals surface area contributed by atoms with Crippen molar-refractivity contribution in [2.75, 3.05) is 0 Å². The molecular formula is C15H20ClNO5. The standard InChI is InChI=1S/C15H19NO5.ClH/c1-11-12(6-4-2-3-5-7-15(18)19)8-9-14(16(20)21)13(11)10-17;/h8-10H,2-7H2,1H3,(H,18,19);1H. The van der Waals surface area contributed by atoms with Crippen molar-refractivity contribution in [3.05, 3.63) is 38.9 Å². The van der Waals surface area contributed by atoms with Crippen molar-refractivity contribution in [3.8, 4) is 0 Å². The normalized spacial score (nSPS) is 9.86. The van der Waals surface area contributed by atoms with Gasteiger partial charge in [-0.1, -0.05) is 18.9 Å². The van der Waals surface area contributed by atoms with Gasteiger partial charge < -0.3 is 5.11 Å². The molecule has 0 aromatic heterocycles. The van der Waals surface area contributed by atoms with E-state index in [1.165, 1.54) is 6.07 Å². The van der Waals surface area contributed by atoms with E-state index in [-0.39, 0.29) is 30.1 Å². The average Bonchev–Trinajstić information content (AvgIpc) is 2.43. The van der Waals surface area contributed by atoms with Crippen LogP contribution < -0.4 is 0 Å². The predicted molar refractivity (Wildman–Crippen MR) is 84.9 cm³/mol. The van der Waals surface area contributed by atoms with E-state index in [0.717, 1.165) is 31.2 Å². The Labute approximate surface area is 135 Å². The minimum Gasteiger partial charge on any atom is -0.481 e. The van der Waals surface area contributed by atoms with Crippen LogP contribution in [0.15, 0.2) is 12.1 Å². The second kappa shape index (κ2) is 9.89. The number of hydrogen-bond acceptors (Lipinski definition) is 4. The lowest BCUT2D eigenvalue weighted by Gasteiger charge is -2.08. The van der Waals surface area contributed by atoms with Crippen molar-refractivity contribution in [2.45, 2.75) is 45.4 Å². The maximum atomic E-state index is 11.0. The van der Waals surface area contributed by atoms with Gasteiger partial charge in [0.15, 0.2) is 6.29 Å². The zero-order valence-electron chi connectivity index (χ0n) is 12.4. The molecule has 22 heavy (non-hydrogen) atoms. The Bertz CT molecular complexity index is 545. The van der Waals surface area contributed by atoms with Crippen LogP contribution >= 0.6 is 12.4 Å². The summed E-state index contributed by atoms with van der Waals surface area (Å²) in [5.41, 5.74) is 1.57. The monoisotopic (exact) mass is 329 g/mol. The van der Waals surface area contributed by atoms with Crippen molar-refractivity contribution in [2.24, 2.45) is 0 Å². The smallest absolute Gasteiger partial charge is 0.303 e. The number of nitro benzene ring substituents is 1. The maximum absolute atomic E-state index is 11.0. The number of carbonyl (C=O) groups is 2. The number of unbranched alkanes of at least 4 members (excludes halogenated alkanes) is 3. The van der Waals surface area contributed by atoms with Crippen LogP contribution in [0.1, 0.15) is 53.6 Å². The number of carboxylic acids is 1. The Balaban J connectivity index is 0.00000441. The van der Waals surface area contributed by atoms with E-state index < -0.39 is 10.9 Å². The summed E-state index contributed by atoms with van der Waals surface area (Å²) >= 11 is 0. The molecule has 0 spiro atoms. The summed E-state index contributed by atoms with van der Waals surface area (Å²) in [5, 5.41) is 19.4. The van der Waals surface area contributed by atoms with Crippen LogP contribution in [0.3, 0.4) is 0 Å². The van der Waals surface area contributed by atoms with Gasteiger partial charge in [-0.05, 0) is 37.3 Å². The second-order valence-electron chi connectivity index (χ2n) is 4.97. The number of benzene rings is 1. The summed E-state index contributed by atoms with van der Waals surface area (Å²) in [6.45, 7) is 1.72. The molecule has 0 saturated carbocycles. The third kappa shape index (κ3) is 5.81. The highest BCUT2D eigenvalue weighted by Gasteiger charge is 2.17. The van der Waals surface area contributed by atoms with Crippen molar-refractivity contribution >= 4 is 30.3 Å². The van der Waals surface area contributed by atoms with Gasteiger partial charge in [0.05, 0.1) is 10.5 Å². The number of carbonyl (C=O) groups excluding carboxylic acids is 1. The van der Waals surface area contributed by atoms with Crippen LogP contribution in [-0.4, -0.2) is 22.3 Å². The van der Waals surface area contributed by atoms with Crippen LogP contribution in [0.4, 0.5) is 5.69 Å². The molecule has 0 atom stereocenters. The Hall–Kier alpha value is -1.95. The van der Waals surface area contributed by atoms with E-state index >= 15 is 0 Å². The molecule has 0 saturated heterocycles. The van der Waals surface area contributed by atoms with Gasteiger partial charge in [-0.3, -0.25) is 19.7 Å². The second-order valence-corrected chi connectivity index (χ2v) is 4.97. The summed E-state index contributed by atoms with van der Waals surface area (Å²) in [6, 6.07) is 3.06. The van der Waals surface area contributed by atoms with E-state index in [4.69, 9.17) is 5.11 Å². The SMILES string of the molecule is Cc1c(CCCCCCC(=O)O)ccc([N+](=O)[O-])c1C=O.Cl. The Morgan fingerprint density at radius 1 is 1.27 bits per heavy atom. The molecule has 0 aliphatic heterocycles. The molecule has 1 aromatic rings. The summed E-state index contributed by atoms with van der Waals surface area (Å²) in [6.07, 6.45) is 4.73. The number of aryl methyl sites for hydroxylation is 1. The summed E-state index contributed by atoms with van der Waals surface area (Å²) in [4.78, 5) is 31.7. The van der Waals surface area contributed by atoms with E-state index in [0.29, 0.717) is 18.3 Å². The number of nitrogens with zero attached hydrogens (tertiary/aromatic N) is 1. The topological polar surface area (TPSA) is 97.5 Å². The minimum atomic E-state index is -0.781. The third-order valence-electron chi connectivity index (χ3n) is 3.51. The largest absolute Gasteiger partial charge is 0.481 e. The van der Waals surface area contributed by atoms with E-state index in [1.807, 2.05) is 0 Å². The number of aliphatic carboxylic acids is 1. The first-order valence-corrected chi connectivity index (χ1v) is 6.91. The lowest BCUT2D eigenvalue weighted by molar-refractivity contribution is -0.385. The number of halogens is 1. The molecule has 6 nitrogen and oxygen atoms in total. The fourth-order valence-corrected chi connectivity index (χ4v) is 2.28. The summed E-state index contributed by atoms with van der Waals surface area (Å²) in [7, 11) is 0.